The van der Waals surface area contributed by atoms with Gasteiger partial charge in [0.05, 0.1) is 23.1 Å². The van der Waals surface area contributed by atoms with Crippen LogP contribution in [0.5, 0.6) is 0 Å². The molecule has 6 nitrogen and oxygen atoms in total. The fraction of sp³-hybridized carbons (Fsp3) is 0.450. The van der Waals surface area contributed by atoms with Crippen LogP contribution in [0.15, 0.2) is 28.8 Å². The number of H-pyrrole nitrogens is 1. The van der Waals surface area contributed by atoms with E-state index in [4.69, 9.17) is 4.52 Å². The molecule has 1 unspecified atom stereocenters. The van der Waals surface area contributed by atoms with E-state index in [9.17, 15) is 4.79 Å². The van der Waals surface area contributed by atoms with Crippen LogP contribution < -0.4 is 0 Å². The highest BCUT2D eigenvalue weighted by Gasteiger charge is 2.26. The number of benzene rings is 1. The number of amides is 1. The first-order valence-corrected chi connectivity index (χ1v) is 9.23. The van der Waals surface area contributed by atoms with Crippen molar-refractivity contribution in [1.82, 2.24) is 20.0 Å². The Morgan fingerprint density at radius 1 is 1.35 bits per heavy atom. The normalized spacial score (nSPS) is 17.8. The number of carbonyl (C=O) groups excluding carboxylic acids is 1. The second kappa shape index (κ2) is 6.94. The average molecular weight is 352 g/mol. The Labute approximate surface area is 152 Å². The van der Waals surface area contributed by atoms with E-state index in [1.807, 2.05) is 43.0 Å². The zero-order chi connectivity index (χ0) is 18.1. The van der Waals surface area contributed by atoms with E-state index < -0.39 is 0 Å². The number of aromatic nitrogens is 3. The Bertz CT molecular complexity index is 874. The van der Waals surface area contributed by atoms with E-state index in [1.165, 1.54) is 0 Å². The van der Waals surface area contributed by atoms with Gasteiger partial charge in [-0.05, 0) is 44.7 Å². The number of para-hydroxylation sites is 2. The highest BCUT2D eigenvalue weighted by molar-refractivity contribution is 5.79. The topological polar surface area (TPSA) is 75.0 Å². The molecule has 0 aliphatic carbocycles. The molecule has 3 heterocycles. The van der Waals surface area contributed by atoms with Crippen molar-refractivity contribution in [3.63, 3.8) is 0 Å². The molecule has 6 heteroatoms. The van der Waals surface area contributed by atoms with Gasteiger partial charge in [-0.2, -0.15) is 0 Å². The predicted octanol–water partition coefficient (Wildman–Crippen LogP) is 3.19. The maximum Gasteiger partial charge on any atom is 0.227 e. The lowest BCUT2D eigenvalue weighted by molar-refractivity contribution is -0.132. The van der Waals surface area contributed by atoms with Crippen LogP contribution in [-0.4, -0.2) is 39.0 Å². The van der Waals surface area contributed by atoms with Crippen molar-refractivity contribution in [1.29, 1.82) is 0 Å². The minimum absolute atomic E-state index is 0.161. The largest absolute Gasteiger partial charge is 0.361 e. The fourth-order valence-electron chi connectivity index (χ4n) is 3.85. The quantitative estimate of drug-likeness (QED) is 0.782. The monoisotopic (exact) mass is 352 g/mol. The Hall–Kier alpha value is -2.63. The van der Waals surface area contributed by atoms with Gasteiger partial charge in [0.2, 0.25) is 5.91 Å². The number of aromatic amines is 1. The zero-order valence-corrected chi connectivity index (χ0v) is 15.3. The number of imidazole rings is 1. The van der Waals surface area contributed by atoms with Crippen molar-refractivity contribution >= 4 is 16.9 Å². The van der Waals surface area contributed by atoms with Gasteiger partial charge < -0.3 is 14.4 Å². The van der Waals surface area contributed by atoms with E-state index in [0.717, 1.165) is 66.2 Å². The summed E-state index contributed by atoms with van der Waals surface area (Å²) in [6.07, 6.45) is 3.42. The Kier molecular flexibility index (Phi) is 4.49. The lowest BCUT2D eigenvalue weighted by Crippen LogP contribution is -2.41. The van der Waals surface area contributed by atoms with Crippen LogP contribution in [0, 0.1) is 19.8 Å². The van der Waals surface area contributed by atoms with Crippen LogP contribution >= 0.6 is 0 Å². The van der Waals surface area contributed by atoms with Crippen molar-refractivity contribution < 1.29 is 9.32 Å². The molecule has 1 fully saturated rings. The lowest BCUT2D eigenvalue weighted by Gasteiger charge is -2.32. The van der Waals surface area contributed by atoms with Crippen LogP contribution in [-0.2, 0) is 17.6 Å². The van der Waals surface area contributed by atoms with Crippen LogP contribution in [0.2, 0.25) is 0 Å². The predicted molar refractivity (Wildman–Crippen MR) is 98.8 cm³/mol. The highest BCUT2D eigenvalue weighted by Crippen LogP contribution is 2.23. The fourth-order valence-corrected chi connectivity index (χ4v) is 3.85. The first kappa shape index (κ1) is 16.8. The van der Waals surface area contributed by atoms with Crippen molar-refractivity contribution in [2.45, 2.75) is 39.5 Å². The summed E-state index contributed by atoms with van der Waals surface area (Å²) in [5.41, 5.74) is 3.82. The summed E-state index contributed by atoms with van der Waals surface area (Å²) < 4.78 is 5.18. The Morgan fingerprint density at radius 2 is 2.19 bits per heavy atom. The SMILES string of the molecule is Cc1noc(C)c1CC(=O)N1CCCC(Cc2nc3ccccc3[nH]2)C1. The number of rotatable bonds is 4. The van der Waals surface area contributed by atoms with E-state index in [0.29, 0.717) is 12.3 Å². The van der Waals surface area contributed by atoms with Crippen LogP contribution in [0.1, 0.15) is 35.7 Å². The second-order valence-corrected chi connectivity index (χ2v) is 7.23. The Balaban J connectivity index is 1.41. The van der Waals surface area contributed by atoms with Crippen LogP contribution in [0.3, 0.4) is 0 Å². The molecule has 3 aromatic rings. The van der Waals surface area contributed by atoms with E-state index in [2.05, 4.69) is 15.1 Å². The number of hydrogen-bond donors (Lipinski definition) is 1. The van der Waals surface area contributed by atoms with E-state index >= 15 is 0 Å². The summed E-state index contributed by atoms with van der Waals surface area (Å²) >= 11 is 0. The van der Waals surface area contributed by atoms with Gasteiger partial charge in [0.15, 0.2) is 0 Å². The third-order valence-corrected chi connectivity index (χ3v) is 5.30. The van der Waals surface area contributed by atoms with Crippen molar-refractivity contribution in [2.75, 3.05) is 13.1 Å². The smallest absolute Gasteiger partial charge is 0.227 e. The molecule has 1 saturated heterocycles. The molecule has 2 aromatic heterocycles. The van der Waals surface area contributed by atoms with Crippen molar-refractivity contribution in [2.24, 2.45) is 5.92 Å². The highest BCUT2D eigenvalue weighted by atomic mass is 16.5. The van der Waals surface area contributed by atoms with E-state index in [1.54, 1.807) is 0 Å². The maximum absolute atomic E-state index is 12.7. The summed E-state index contributed by atoms with van der Waals surface area (Å²) in [4.78, 5) is 22.8. The van der Waals surface area contributed by atoms with Gasteiger partial charge >= 0.3 is 0 Å². The number of piperidine rings is 1. The third kappa shape index (κ3) is 3.36. The molecule has 0 saturated carbocycles. The molecular weight excluding hydrogens is 328 g/mol. The standard InChI is InChI=1S/C20H24N4O2/c1-13-16(14(2)26-23-13)11-20(25)24-9-5-6-15(12-24)10-19-21-17-7-3-4-8-18(17)22-19/h3-4,7-8,15H,5-6,9-12H2,1-2H3,(H,21,22). The van der Waals surface area contributed by atoms with Crippen LogP contribution in [0.25, 0.3) is 11.0 Å². The number of aryl methyl sites for hydroxylation is 2. The molecule has 1 aliphatic heterocycles. The molecule has 1 aromatic carbocycles. The second-order valence-electron chi connectivity index (χ2n) is 7.23. The number of carbonyl (C=O) groups is 1. The molecule has 1 N–H and O–H groups in total. The minimum atomic E-state index is 0.161. The van der Waals surface area contributed by atoms with E-state index in [-0.39, 0.29) is 5.91 Å². The summed E-state index contributed by atoms with van der Waals surface area (Å²) in [5, 5.41) is 3.95. The molecule has 4 rings (SSSR count). The molecule has 1 aliphatic rings. The van der Waals surface area contributed by atoms with Crippen molar-refractivity contribution in [3.05, 3.63) is 47.1 Å². The Morgan fingerprint density at radius 3 is 2.96 bits per heavy atom. The summed E-state index contributed by atoms with van der Waals surface area (Å²) in [5.74, 6) is 2.36. The molecule has 26 heavy (non-hydrogen) atoms. The molecule has 1 atom stereocenters. The molecular formula is C20H24N4O2. The average Bonchev–Trinajstić information content (AvgIpc) is 3.19. The van der Waals surface area contributed by atoms with Crippen molar-refractivity contribution in [3.8, 4) is 0 Å². The van der Waals surface area contributed by atoms with Gasteiger partial charge in [-0.1, -0.05) is 17.3 Å². The first-order valence-electron chi connectivity index (χ1n) is 9.23. The number of fused-ring (bicyclic) bond motifs is 1. The summed E-state index contributed by atoms with van der Waals surface area (Å²) in [7, 11) is 0. The molecule has 0 bridgehead atoms. The summed E-state index contributed by atoms with van der Waals surface area (Å²) in [6.45, 7) is 5.38. The van der Waals surface area contributed by atoms with Gasteiger partial charge in [0, 0.05) is 25.1 Å². The zero-order valence-electron chi connectivity index (χ0n) is 15.3. The van der Waals surface area contributed by atoms with Gasteiger partial charge in [0.1, 0.15) is 11.6 Å². The minimum Gasteiger partial charge on any atom is -0.361 e. The number of likely N-dealkylation sites (tertiary alicyclic amines) is 1. The van der Waals surface area contributed by atoms with Gasteiger partial charge in [-0.25, -0.2) is 4.98 Å². The number of nitrogens with one attached hydrogen (secondary N) is 1. The number of nitrogens with zero attached hydrogens (tertiary/aromatic N) is 3. The maximum atomic E-state index is 12.7. The number of hydrogen-bond acceptors (Lipinski definition) is 4. The first-order chi connectivity index (χ1) is 12.6. The van der Waals surface area contributed by atoms with Crippen LogP contribution in [0.4, 0.5) is 0 Å². The van der Waals surface area contributed by atoms with Gasteiger partial charge in [-0.15, -0.1) is 0 Å². The van der Waals surface area contributed by atoms with Gasteiger partial charge in [0.25, 0.3) is 0 Å². The molecule has 136 valence electrons. The molecule has 1 amide bonds. The molecule has 0 radical (unpaired) electrons. The third-order valence-electron chi connectivity index (χ3n) is 5.30. The lowest BCUT2D eigenvalue weighted by atomic mass is 9.94. The summed E-state index contributed by atoms with van der Waals surface area (Å²) in [6, 6.07) is 8.09. The van der Waals surface area contributed by atoms with Gasteiger partial charge in [-0.3, -0.25) is 4.79 Å². The molecule has 0 spiro atoms.